The van der Waals surface area contributed by atoms with Crippen molar-refractivity contribution in [3.63, 3.8) is 0 Å². The highest BCUT2D eigenvalue weighted by molar-refractivity contribution is 9.10. The Labute approximate surface area is 218 Å². The summed E-state index contributed by atoms with van der Waals surface area (Å²) >= 11 is 6.60. The maximum atomic E-state index is 13.4. The third-order valence-electron chi connectivity index (χ3n) is 5.75. The van der Waals surface area contributed by atoms with E-state index in [9.17, 15) is 4.79 Å². The fraction of sp³-hybridized carbons (Fsp3) is 0.115. The van der Waals surface area contributed by atoms with Gasteiger partial charge in [-0.1, -0.05) is 46.3 Å². The van der Waals surface area contributed by atoms with Crippen LogP contribution in [0.4, 0.5) is 5.69 Å². The van der Waals surface area contributed by atoms with Crippen LogP contribution in [0.15, 0.2) is 90.8 Å². The Balaban J connectivity index is 1.70. The van der Waals surface area contributed by atoms with Crippen LogP contribution in [0.5, 0.6) is 0 Å². The number of aryl methyl sites for hydroxylation is 1. The minimum absolute atomic E-state index is 0.167. The highest BCUT2D eigenvalue weighted by atomic mass is 79.9. The van der Waals surface area contributed by atoms with E-state index >= 15 is 0 Å². The van der Waals surface area contributed by atoms with Gasteiger partial charge in [-0.3, -0.25) is 9.48 Å². The topological polar surface area (TPSA) is 56.6 Å². The Bertz CT molecular complexity index is 1650. The summed E-state index contributed by atoms with van der Waals surface area (Å²) in [6, 6.07) is 19.7. The van der Waals surface area contributed by atoms with Gasteiger partial charge in [-0.2, -0.15) is 5.10 Å². The molecule has 0 aliphatic heterocycles. The van der Waals surface area contributed by atoms with Gasteiger partial charge in [0.2, 0.25) is 4.80 Å². The maximum absolute atomic E-state index is 13.4. The van der Waals surface area contributed by atoms with Crippen molar-refractivity contribution in [2.24, 2.45) is 17.1 Å². The molecule has 3 heterocycles. The lowest BCUT2D eigenvalue weighted by Crippen LogP contribution is -2.19. The molecule has 9 heteroatoms. The zero-order valence-corrected chi connectivity index (χ0v) is 22.6. The van der Waals surface area contributed by atoms with Crippen molar-refractivity contribution < 1.29 is 0 Å². The van der Waals surface area contributed by atoms with Gasteiger partial charge in [0.15, 0.2) is 5.69 Å². The number of halogens is 1. The van der Waals surface area contributed by atoms with Crippen molar-refractivity contribution in [2.45, 2.75) is 13.8 Å². The molecule has 0 N–H and O–H groups in total. The van der Waals surface area contributed by atoms with Gasteiger partial charge in [0.1, 0.15) is 0 Å². The second kappa shape index (κ2) is 9.77. The Morgan fingerprint density at radius 1 is 0.971 bits per heavy atom. The minimum atomic E-state index is -0.167. The summed E-state index contributed by atoms with van der Waals surface area (Å²) in [6.45, 7) is 3.97. The lowest BCUT2D eigenvalue weighted by Gasteiger charge is -2.07. The lowest BCUT2D eigenvalue weighted by molar-refractivity contribution is 0.630. The number of thiophene rings is 1. The van der Waals surface area contributed by atoms with Crippen molar-refractivity contribution in [1.29, 1.82) is 0 Å². The van der Waals surface area contributed by atoms with E-state index in [1.54, 1.807) is 16.0 Å². The van der Waals surface area contributed by atoms with Crippen LogP contribution in [0.25, 0.3) is 16.9 Å². The van der Waals surface area contributed by atoms with Gasteiger partial charge in [-0.15, -0.1) is 22.7 Å². The molecular formula is C26H22BrN5OS2. The molecule has 0 amide bonds. The molecule has 0 saturated heterocycles. The number of para-hydroxylation sites is 1. The third kappa shape index (κ3) is 4.54. The molecule has 0 saturated carbocycles. The first-order chi connectivity index (χ1) is 16.9. The molecular weight excluding hydrogens is 542 g/mol. The highest BCUT2D eigenvalue weighted by Crippen LogP contribution is 2.24. The van der Waals surface area contributed by atoms with E-state index in [1.807, 2.05) is 89.5 Å². The Morgan fingerprint density at radius 2 is 1.71 bits per heavy atom. The molecule has 0 spiro atoms. The van der Waals surface area contributed by atoms with Crippen LogP contribution in [0.2, 0.25) is 0 Å². The van der Waals surface area contributed by atoms with Crippen LogP contribution in [-0.2, 0) is 7.05 Å². The predicted octanol–water partition coefficient (Wildman–Crippen LogP) is 6.26. The fourth-order valence-electron chi connectivity index (χ4n) is 3.71. The Hall–Kier alpha value is -3.27. The van der Waals surface area contributed by atoms with Gasteiger partial charge in [0, 0.05) is 22.5 Å². The molecule has 5 aromatic rings. The van der Waals surface area contributed by atoms with E-state index in [4.69, 9.17) is 10.1 Å². The number of hydrogen-bond acceptors (Lipinski definition) is 5. The van der Waals surface area contributed by atoms with Crippen LogP contribution in [0, 0.1) is 13.8 Å². The number of aromatic nitrogens is 3. The number of nitrogens with zero attached hydrogens (tertiary/aromatic N) is 5. The highest BCUT2D eigenvalue weighted by Gasteiger charge is 2.17. The van der Waals surface area contributed by atoms with Crippen molar-refractivity contribution in [2.75, 3.05) is 0 Å². The minimum Gasteiger partial charge on any atom is -0.283 e. The predicted molar refractivity (Wildman–Crippen MR) is 148 cm³/mol. The molecule has 3 aromatic heterocycles. The molecule has 0 aliphatic carbocycles. The summed E-state index contributed by atoms with van der Waals surface area (Å²) in [7, 11) is 1.87. The molecule has 0 bridgehead atoms. The van der Waals surface area contributed by atoms with Crippen LogP contribution in [0.3, 0.4) is 0 Å². The molecule has 2 aromatic carbocycles. The van der Waals surface area contributed by atoms with Crippen molar-refractivity contribution in [3.8, 4) is 16.9 Å². The molecule has 0 radical (unpaired) electrons. The second-order valence-corrected chi connectivity index (χ2v) is 10.7. The van der Waals surface area contributed by atoms with E-state index in [0.29, 0.717) is 10.5 Å². The van der Waals surface area contributed by atoms with Gasteiger partial charge in [0.05, 0.1) is 28.2 Å². The fourth-order valence-corrected chi connectivity index (χ4v) is 5.60. The molecule has 0 fully saturated rings. The second-order valence-electron chi connectivity index (χ2n) is 7.96. The summed E-state index contributed by atoms with van der Waals surface area (Å²) in [5.41, 5.74) is 4.90. The SMILES string of the molecule is Cc1ccsc1C=Nn1c(-c2ccc(Br)cc2)csc1=Nc1c(C)n(C)n(-c2ccccc2)c1=O. The zero-order chi connectivity index (χ0) is 24.5. The summed E-state index contributed by atoms with van der Waals surface area (Å²) in [6.07, 6.45) is 1.86. The van der Waals surface area contributed by atoms with Crippen LogP contribution < -0.4 is 10.4 Å². The number of hydrogen-bond donors (Lipinski definition) is 0. The summed E-state index contributed by atoms with van der Waals surface area (Å²) in [5, 5.41) is 8.88. The average molecular weight is 565 g/mol. The van der Waals surface area contributed by atoms with Gasteiger partial charge in [0.25, 0.3) is 5.56 Å². The molecule has 6 nitrogen and oxygen atoms in total. The molecule has 176 valence electrons. The molecule has 0 unspecified atom stereocenters. The molecule has 35 heavy (non-hydrogen) atoms. The van der Waals surface area contributed by atoms with Crippen molar-refractivity contribution >= 4 is 50.5 Å². The first-order valence-corrected chi connectivity index (χ1v) is 13.4. The largest absolute Gasteiger partial charge is 0.297 e. The van der Waals surface area contributed by atoms with E-state index < -0.39 is 0 Å². The van der Waals surface area contributed by atoms with E-state index in [-0.39, 0.29) is 5.56 Å². The maximum Gasteiger partial charge on any atom is 0.297 e. The normalized spacial score (nSPS) is 12.2. The van der Waals surface area contributed by atoms with E-state index in [2.05, 4.69) is 34.3 Å². The van der Waals surface area contributed by atoms with Crippen LogP contribution >= 0.6 is 38.6 Å². The van der Waals surface area contributed by atoms with Gasteiger partial charge >= 0.3 is 0 Å². The average Bonchev–Trinajstić information content (AvgIpc) is 3.52. The zero-order valence-electron chi connectivity index (χ0n) is 19.3. The molecule has 5 rings (SSSR count). The van der Waals surface area contributed by atoms with Gasteiger partial charge in [-0.25, -0.2) is 14.4 Å². The summed E-state index contributed by atoms with van der Waals surface area (Å²) in [4.78, 5) is 20.0. The Kier molecular flexibility index (Phi) is 6.55. The van der Waals surface area contributed by atoms with Crippen LogP contribution in [-0.4, -0.2) is 20.3 Å². The van der Waals surface area contributed by atoms with E-state index in [1.165, 1.54) is 16.9 Å². The van der Waals surface area contributed by atoms with Crippen molar-refractivity contribution in [1.82, 2.24) is 14.0 Å². The standard InChI is InChI=1S/C26H22BrN5OS2/c1-17-13-14-34-23(17)15-28-31-22(19-9-11-20(27)12-10-19)16-35-26(31)29-24-18(2)30(3)32(25(24)33)21-7-5-4-6-8-21/h4-16H,1-3H3. The smallest absolute Gasteiger partial charge is 0.283 e. The van der Waals surface area contributed by atoms with Crippen molar-refractivity contribution in [3.05, 3.63) is 107 Å². The lowest BCUT2D eigenvalue weighted by atomic mass is 10.2. The quantitative estimate of drug-likeness (QED) is 0.233. The number of thiazole rings is 1. The third-order valence-corrected chi connectivity index (χ3v) is 8.05. The van der Waals surface area contributed by atoms with Crippen LogP contribution in [0.1, 0.15) is 16.1 Å². The summed E-state index contributed by atoms with van der Waals surface area (Å²) < 4.78 is 6.29. The first kappa shape index (κ1) is 23.5. The number of rotatable bonds is 5. The molecule has 0 atom stereocenters. The van der Waals surface area contributed by atoms with Gasteiger partial charge in [-0.05, 0) is 55.1 Å². The monoisotopic (exact) mass is 563 g/mol. The molecule has 0 aliphatic rings. The first-order valence-electron chi connectivity index (χ1n) is 10.9. The summed E-state index contributed by atoms with van der Waals surface area (Å²) in [5.74, 6) is 0. The Morgan fingerprint density at radius 3 is 2.40 bits per heavy atom. The number of benzene rings is 2. The van der Waals surface area contributed by atoms with E-state index in [0.717, 1.165) is 32.0 Å². The van der Waals surface area contributed by atoms with Gasteiger partial charge < -0.3 is 0 Å².